The van der Waals surface area contributed by atoms with Crippen LogP contribution in [0.2, 0.25) is 0 Å². The number of hydrogen-bond acceptors (Lipinski definition) is 2. The van der Waals surface area contributed by atoms with Crippen LogP contribution in [0, 0.1) is 13.8 Å². The van der Waals surface area contributed by atoms with Crippen molar-refractivity contribution in [2.75, 3.05) is 4.90 Å². The summed E-state index contributed by atoms with van der Waals surface area (Å²) in [6, 6.07) is 62.4. The number of fused-ring (bicyclic) bond motifs is 5. The third-order valence-electron chi connectivity index (χ3n) is 15.7. The van der Waals surface area contributed by atoms with Gasteiger partial charge < -0.3 is 4.90 Å². The minimum Gasteiger partial charge on any atom is -0.310 e. The Morgan fingerprint density at radius 1 is 0.437 bits per heavy atom. The Labute approximate surface area is 433 Å². The monoisotopic (exact) mass is 952 g/mol. The first-order chi connectivity index (χ1) is 34.5. The zero-order chi connectivity index (χ0) is 49.5. The highest BCUT2D eigenvalue weighted by molar-refractivity contribution is 7.80. The molecule has 1 aliphatic carbocycles. The molecule has 8 aromatic rings. The van der Waals surface area contributed by atoms with Crippen molar-refractivity contribution >= 4 is 40.5 Å². The lowest BCUT2D eigenvalue weighted by molar-refractivity contribution is 0.398. The number of thiol groups is 1. The molecule has 8 aromatic carbocycles. The van der Waals surface area contributed by atoms with E-state index in [0.29, 0.717) is 0 Å². The van der Waals surface area contributed by atoms with Gasteiger partial charge in [0.1, 0.15) is 0 Å². The van der Waals surface area contributed by atoms with E-state index < -0.39 is 0 Å². The standard InChI is InChI=1S/C69H77NS/c1-8-10-12-14-16-23-43-69(44-24-17-15-13-11-9-2)64-47-55(51-25-19-18-20-26-51)35-42-62(64)66-61-28-22-21-27-60(61)63(48-65(66)69)54-31-38-58(39-32-54)70(67-49(3)45-56(46-50(67)4)68(5,6)7)57-36-29-52(30-37-57)53-33-40-59(71)41-34-53/h18-22,25-42,45-48,71H,8-17,23-24,43-44H2,1-7H3. The van der Waals surface area contributed by atoms with Crippen molar-refractivity contribution in [2.45, 2.75) is 154 Å². The molecule has 0 saturated carbocycles. The second-order valence-electron chi connectivity index (χ2n) is 21.8. The van der Waals surface area contributed by atoms with Crippen LogP contribution in [0.5, 0.6) is 0 Å². The molecule has 2 heteroatoms. The summed E-state index contributed by atoms with van der Waals surface area (Å²) >= 11 is 4.55. The summed E-state index contributed by atoms with van der Waals surface area (Å²) in [7, 11) is 0. The molecule has 9 rings (SSSR count). The molecule has 0 fully saturated rings. The van der Waals surface area contributed by atoms with E-state index in [-0.39, 0.29) is 10.8 Å². The van der Waals surface area contributed by atoms with Crippen molar-refractivity contribution in [3.63, 3.8) is 0 Å². The largest absolute Gasteiger partial charge is 0.310 e. The molecule has 1 aliphatic rings. The van der Waals surface area contributed by atoms with Crippen LogP contribution < -0.4 is 4.90 Å². The second-order valence-corrected chi connectivity index (χ2v) is 22.3. The second kappa shape index (κ2) is 22.3. The number of benzene rings is 8. The predicted octanol–water partition coefficient (Wildman–Crippen LogP) is 21.3. The van der Waals surface area contributed by atoms with Crippen LogP contribution >= 0.6 is 12.6 Å². The molecule has 0 unspecified atom stereocenters. The minimum atomic E-state index is -0.0598. The van der Waals surface area contributed by atoms with Crippen molar-refractivity contribution < 1.29 is 0 Å². The van der Waals surface area contributed by atoms with Gasteiger partial charge in [-0.3, -0.25) is 0 Å². The predicted molar refractivity (Wildman–Crippen MR) is 313 cm³/mol. The molecule has 71 heavy (non-hydrogen) atoms. The van der Waals surface area contributed by atoms with Crippen molar-refractivity contribution in [1.29, 1.82) is 0 Å². The summed E-state index contributed by atoms with van der Waals surface area (Å²) < 4.78 is 0. The van der Waals surface area contributed by atoms with Gasteiger partial charge in [0.15, 0.2) is 0 Å². The van der Waals surface area contributed by atoms with Crippen LogP contribution in [0.4, 0.5) is 17.1 Å². The summed E-state index contributed by atoms with van der Waals surface area (Å²) in [6.45, 7) is 16.2. The van der Waals surface area contributed by atoms with Crippen LogP contribution in [-0.2, 0) is 10.8 Å². The van der Waals surface area contributed by atoms with Gasteiger partial charge in [0.05, 0.1) is 5.69 Å². The lowest BCUT2D eigenvalue weighted by Crippen LogP contribution is -2.26. The molecule has 0 heterocycles. The minimum absolute atomic E-state index is 0.0514. The quantitative estimate of drug-likeness (QED) is 0.0589. The Kier molecular flexibility index (Phi) is 15.7. The number of nitrogens with zero attached hydrogens (tertiary/aromatic N) is 1. The summed E-state index contributed by atoms with van der Waals surface area (Å²) in [5, 5.41) is 2.70. The highest BCUT2D eigenvalue weighted by Crippen LogP contribution is 2.58. The van der Waals surface area contributed by atoms with E-state index in [2.05, 4.69) is 230 Å². The third kappa shape index (κ3) is 10.7. The molecule has 0 spiro atoms. The summed E-state index contributed by atoms with van der Waals surface area (Å²) in [6.07, 6.45) is 18.0. The van der Waals surface area contributed by atoms with Crippen LogP contribution in [0.25, 0.3) is 55.3 Å². The first-order valence-corrected chi connectivity index (χ1v) is 27.6. The van der Waals surface area contributed by atoms with E-state index in [9.17, 15) is 0 Å². The fraction of sp³-hybridized carbons (Fsp3) is 0.333. The summed E-state index contributed by atoms with van der Waals surface area (Å²) in [5.74, 6) is 0. The van der Waals surface area contributed by atoms with Crippen LogP contribution in [0.3, 0.4) is 0 Å². The number of unbranched alkanes of at least 4 members (excludes halogenated alkanes) is 10. The Balaban J connectivity index is 1.18. The first kappa shape index (κ1) is 50.1. The first-order valence-electron chi connectivity index (χ1n) is 27.2. The highest BCUT2D eigenvalue weighted by Gasteiger charge is 2.44. The molecule has 0 aromatic heterocycles. The van der Waals surface area contributed by atoms with Crippen molar-refractivity contribution in [3.05, 3.63) is 192 Å². The van der Waals surface area contributed by atoms with Gasteiger partial charge in [-0.05, 0) is 164 Å². The Morgan fingerprint density at radius 2 is 0.915 bits per heavy atom. The zero-order valence-electron chi connectivity index (χ0n) is 43.9. The molecular formula is C69H77NS. The van der Waals surface area contributed by atoms with Crippen molar-refractivity contribution in [2.24, 2.45) is 0 Å². The average molecular weight is 952 g/mol. The molecule has 0 N–H and O–H groups in total. The van der Waals surface area contributed by atoms with E-state index in [0.717, 1.165) is 16.3 Å². The lowest BCUT2D eigenvalue weighted by Gasteiger charge is -2.34. The molecule has 0 atom stereocenters. The molecule has 0 radical (unpaired) electrons. The Hall–Kier alpha value is -5.83. The third-order valence-corrected chi connectivity index (χ3v) is 16.0. The maximum atomic E-state index is 4.55. The number of aryl methyl sites for hydroxylation is 2. The molecule has 0 aliphatic heterocycles. The highest BCUT2D eigenvalue weighted by atomic mass is 32.1. The van der Waals surface area contributed by atoms with Gasteiger partial charge in [0, 0.05) is 21.7 Å². The topological polar surface area (TPSA) is 3.24 Å². The summed E-state index contributed by atoms with van der Waals surface area (Å²) in [4.78, 5) is 3.45. The maximum absolute atomic E-state index is 4.55. The lowest BCUT2D eigenvalue weighted by atomic mass is 9.69. The Bertz CT molecular complexity index is 3000. The molecule has 364 valence electrons. The van der Waals surface area contributed by atoms with E-state index in [1.807, 2.05) is 0 Å². The number of rotatable bonds is 20. The van der Waals surface area contributed by atoms with Crippen LogP contribution in [0.15, 0.2) is 169 Å². The van der Waals surface area contributed by atoms with Crippen molar-refractivity contribution in [3.8, 4) is 44.5 Å². The zero-order valence-corrected chi connectivity index (χ0v) is 44.8. The molecule has 0 saturated heterocycles. The van der Waals surface area contributed by atoms with E-state index in [4.69, 9.17) is 0 Å². The number of anilines is 3. The normalized spacial score (nSPS) is 12.8. The Morgan fingerprint density at radius 3 is 1.48 bits per heavy atom. The average Bonchev–Trinajstić information content (AvgIpc) is 3.65. The van der Waals surface area contributed by atoms with Gasteiger partial charge in [-0.25, -0.2) is 0 Å². The van der Waals surface area contributed by atoms with E-state index >= 15 is 0 Å². The van der Waals surface area contributed by atoms with E-state index in [1.165, 1.54) is 168 Å². The molecule has 0 bridgehead atoms. The van der Waals surface area contributed by atoms with Gasteiger partial charge >= 0.3 is 0 Å². The van der Waals surface area contributed by atoms with Gasteiger partial charge in [0.2, 0.25) is 0 Å². The molecule has 0 amide bonds. The van der Waals surface area contributed by atoms with Gasteiger partial charge in [0.25, 0.3) is 0 Å². The van der Waals surface area contributed by atoms with Gasteiger partial charge in [-0.15, -0.1) is 12.6 Å². The fourth-order valence-electron chi connectivity index (χ4n) is 11.9. The van der Waals surface area contributed by atoms with E-state index in [1.54, 1.807) is 11.1 Å². The molecule has 1 nitrogen and oxygen atoms in total. The van der Waals surface area contributed by atoms with Gasteiger partial charge in [-0.2, -0.15) is 0 Å². The number of hydrogen-bond donors (Lipinski definition) is 1. The maximum Gasteiger partial charge on any atom is 0.0520 e. The van der Waals surface area contributed by atoms with Crippen molar-refractivity contribution in [1.82, 2.24) is 0 Å². The SMILES string of the molecule is CCCCCCCCC1(CCCCCCCC)c2cc(-c3ccccc3)ccc2-c2c1cc(-c1ccc(N(c3ccc(-c4ccc(S)cc4)cc3)c3c(C)cc(C(C)(C)C)cc3C)cc1)c1ccccc21. The van der Waals surface area contributed by atoms with Crippen LogP contribution in [-0.4, -0.2) is 0 Å². The molecular weight excluding hydrogens is 875 g/mol. The smallest absolute Gasteiger partial charge is 0.0520 e. The van der Waals surface area contributed by atoms with Gasteiger partial charge in [-0.1, -0.05) is 227 Å². The van der Waals surface area contributed by atoms with Crippen LogP contribution in [0.1, 0.15) is 152 Å². The summed E-state index contributed by atoms with van der Waals surface area (Å²) in [5.41, 5.74) is 21.1. The fourth-order valence-corrected chi connectivity index (χ4v) is 12.0.